The number of methoxy groups -OCH3 is 1. The number of carbonyl (C=O) groups excluding carboxylic acids is 3. The van der Waals surface area contributed by atoms with Crippen molar-refractivity contribution in [3.63, 3.8) is 0 Å². The average Bonchev–Trinajstić information content (AvgIpc) is 3.12. The highest BCUT2D eigenvalue weighted by molar-refractivity contribution is 8.00. The van der Waals surface area contributed by atoms with Crippen molar-refractivity contribution in [1.29, 1.82) is 0 Å². The van der Waals surface area contributed by atoms with E-state index in [0.29, 0.717) is 40.6 Å². The third-order valence-electron chi connectivity index (χ3n) is 7.09. The quantitative estimate of drug-likeness (QED) is 0.0876. The van der Waals surface area contributed by atoms with E-state index < -0.39 is 17.1 Å². The van der Waals surface area contributed by atoms with Crippen molar-refractivity contribution in [2.75, 3.05) is 24.4 Å². The largest absolute Gasteiger partial charge is 0.497 e. The first-order chi connectivity index (χ1) is 23.4. The number of anilines is 2. The lowest BCUT2D eigenvalue weighted by Gasteiger charge is -2.18. The van der Waals surface area contributed by atoms with Gasteiger partial charge in [0.05, 0.1) is 13.7 Å². The molecular weight excluding hydrogens is 623 g/mol. The molecule has 1 atom stereocenters. The van der Waals surface area contributed by atoms with E-state index in [1.165, 1.54) is 11.8 Å². The van der Waals surface area contributed by atoms with E-state index in [0.717, 1.165) is 10.5 Å². The van der Waals surface area contributed by atoms with Crippen molar-refractivity contribution in [1.82, 2.24) is 5.32 Å². The molecule has 0 heterocycles. The van der Waals surface area contributed by atoms with Crippen LogP contribution in [0.3, 0.4) is 0 Å². The fourth-order valence-electron chi connectivity index (χ4n) is 4.75. The fourth-order valence-corrected chi connectivity index (χ4v) is 5.83. The lowest BCUT2D eigenvalue weighted by molar-refractivity contribution is -0.116. The monoisotopic (exact) mass is 657 g/mol. The Morgan fingerprint density at radius 1 is 0.750 bits per heavy atom. The third-order valence-corrected chi connectivity index (χ3v) is 8.34. The molecule has 242 valence electrons. The van der Waals surface area contributed by atoms with Crippen molar-refractivity contribution >= 4 is 46.9 Å². The van der Waals surface area contributed by atoms with Crippen LogP contribution in [0, 0.1) is 0 Å². The van der Waals surface area contributed by atoms with Gasteiger partial charge in [-0.25, -0.2) is 0 Å². The van der Waals surface area contributed by atoms with Gasteiger partial charge in [-0.1, -0.05) is 72.8 Å². The maximum absolute atomic E-state index is 13.8. The zero-order chi connectivity index (χ0) is 33.7. The Morgan fingerprint density at radius 3 is 2.15 bits per heavy atom. The van der Waals surface area contributed by atoms with Gasteiger partial charge in [-0.2, -0.15) is 0 Å². The number of hydrogen-bond acceptors (Lipinski definition) is 6. The summed E-state index contributed by atoms with van der Waals surface area (Å²) in [5.74, 6) is 0.121. The minimum atomic E-state index is -0.588. The van der Waals surface area contributed by atoms with Crippen molar-refractivity contribution in [2.45, 2.75) is 17.1 Å². The summed E-state index contributed by atoms with van der Waals surface area (Å²) in [4.78, 5) is 41.2. The second-order valence-electron chi connectivity index (χ2n) is 10.5. The number of ether oxygens (including phenoxy) is 2. The van der Waals surface area contributed by atoms with Gasteiger partial charge in [-0.15, -0.1) is 11.8 Å². The molecular formula is C39H35N3O5S. The highest BCUT2D eigenvalue weighted by atomic mass is 32.2. The summed E-state index contributed by atoms with van der Waals surface area (Å²) in [6.45, 7) is 2.32. The Balaban J connectivity index is 1.39. The summed E-state index contributed by atoms with van der Waals surface area (Å²) in [7, 11) is 1.59. The molecule has 0 aliphatic carbocycles. The molecule has 0 bridgehead atoms. The maximum atomic E-state index is 13.8. The lowest BCUT2D eigenvalue weighted by Crippen LogP contribution is -2.30. The van der Waals surface area contributed by atoms with E-state index in [2.05, 4.69) is 16.0 Å². The zero-order valence-corrected chi connectivity index (χ0v) is 27.3. The van der Waals surface area contributed by atoms with E-state index in [9.17, 15) is 14.4 Å². The van der Waals surface area contributed by atoms with Crippen molar-refractivity contribution < 1.29 is 23.9 Å². The predicted molar refractivity (Wildman–Crippen MR) is 191 cm³/mol. The van der Waals surface area contributed by atoms with Gasteiger partial charge in [0.1, 0.15) is 22.4 Å². The number of rotatable bonds is 13. The Kier molecular flexibility index (Phi) is 11.7. The molecule has 0 fully saturated rings. The Labute approximate surface area is 284 Å². The standard InChI is InChI=1S/C39H35N3O5S/c1-3-47-35-20-11-10-17-29(35)25-34(42-37(43)28-15-8-5-9-16-28)38(44)41-31-18-12-19-33(26-31)48-36(27-13-6-4-7-14-27)39(45)40-30-21-23-32(46-2)24-22-30/h4-26,36H,3H2,1-2H3,(H,40,45)(H,41,44)(H,42,43)/b34-25+. The Morgan fingerprint density at radius 2 is 1.44 bits per heavy atom. The smallest absolute Gasteiger partial charge is 0.272 e. The minimum Gasteiger partial charge on any atom is -0.497 e. The normalized spacial score (nSPS) is 11.6. The van der Waals surface area contributed by atoms with Crippen molar-refractivity contribution in [3.8, 4) is 11.5 Å². The molecule has 0 aliphatic rings. The van der Waals surface area contributed by atoms with E-state index in [1.807, 2.05) is 67.6 Å². The summed E-state index contributed by atoms with van der Waals surface area (Å²) < 4.78 is 11.0. The number of benzene rings is 5. The molecule has 5 aromatic carbocycles. The van der Waals surface area contributed by atoms with Crippen LogP contribution in [-0.4, -0.2) is 31.4 Å². The average molecular weight is 658 g/mol. The summed E-state index contributed by atoms with van der Waals surface area (Å²) >= 11 is 1.36. The second kappa shape index (κ2) is 16.7. The molecule has 0 aromatic heterocycles. The Bertz CT molecular complexity index is 1880. The van der Waals surface area contributed by atoms with Crippen LogP contribution in [0.5, 0.6) is 11.5 Å². The first kappa shape index (κ1) is 33.6. The highest BCUT2D eigenvalue weighted by Crippen LogP contribution is 2.37. The van der Waals surface area contributed by atoms with Crippen LogP contribution < -0.4 is 25.4 Å². The lowest BCUT2D eigenvalue weighted by atomic mass is 10.1. The molecule has 0 aliphatic heterocycles. The molecule has 1 unspecified atom stereocenters. The summed E-state index contributed by atoms with van der Waals surface area (Å²) in [5.41, 5.74) is 3.04. The van der Waals surface area contributed by atoms with Crippen LogP contribution in [0.2, 0.25) is 0 Å². The number of nitrogens with one attached hydrogen (secondary N) is 3. The van der Waals surface area contributed by atoms with Gasteiger partial charge in [0.2, 0.25) is 5.91 Å². The molecule has 3 N–H and O–H groups in total. The van der Waals surface area contributed by atoms with Crippen LogP contribution in [0.4, 0.5) is 11.4 Å². The molecule has 0 saturated carbocycles. The van der Waals surface area contributed by atoms with Gasteiger partial charge in [0, 0.05) is 27.4 Å². The van der Waals surface area contributed by atoms with Gasteiger partial charge in [0.25, 0.3) is 11.8 Å². The molecule has 48 heavy (non-hydrogen) atoms. The van der Waals surface area contributed by atoms with Crippen molar-refractivity contribution in [3.05, 3.63) is 156 Å². The number of para-hydroxylation sites is 1. The number of hydrogen-bond donors (Lipinski definition) is 3. The van der Waals surface area contributed by atoms with E-state index in [4.69, 9.17) is 9.47 Å². The first-order valence-corrected chi connectivity index (χ1v) is 16.2. The van der Waals surface area contributed by atoms with Crippen LogP contribution in [0.25, 0.3) is 6.08 Å². The second-order valence-corrected chi connectivity index (χ2v) is 11.6. The van der Waals surface area contributed by atoms with Gasteiger partial charge in [-0.05, 0) is 79.2 Å². The predicted octanol–water partition coefficient (Wildman–Crippen LogP) is 7.98. The Hall–Kier alpha value is -5.80. The number of thioether (sulfide) groups is 1. The van der Waals surface area contributed by atoms with E-state index >= 15 is 0 Å². The van der Waals surface area contributed by atoms with Crippen LogP contribution >= 0.6 is 11.8 Å². The van der Waals surface area contributed by atoms with Gasteiger partial charge >= 0.3 is 0 Å². The van der Waals surface area contributed by atoms with Gasteiger partial charge in [0.15, 0.2) is 0 Å². The van der Waals surface area contributed by atoms with Crippen molar-refractivity contribution in [2.24, 2.45) is 0 Å². The van der Waals surface area contributed by atoms with Crippen LogP contribution in [0.15, 0.2) is 144 Å². The molecule has 5 rings (SSSR count). The minimum absolute atomic E-state index is 0.0371. The number of amides is 3. The fraction of sp³-hybridized carbons (Fsp3) is 0.103. The third kappa shape index (κ3) is 9.14. The van der Waals surface area contributed by atoms with Crippen LogP contribution in [-0.2, 0) is 9.59 Å². The summed E-state index contributed by atoms with van der Waals surface area (Å²) in [6, 6.07) is 39.8. The molecule has 0 radical (unpaired) electrons. The molecule has 0 spiro atoms. The molecule has 5 aromatic rings. The molecule has 0 saturated heterocycles. The maximum Gasteiger partial charge on any atom is 0.272 e. The summed E-state index contributed by atoms with van der Waals surface area (Å²) in [5, 5.41) is 8.10. The topological polar surface area (TPSA) is 106 Å². The van der Waals surface area contributed by atoms with Gasteiger partial charge < -0.3 is 25.4 Å². The molecule has 8 nitrogen and oxygen atoms in total. The SMILES string of the molecule is CCOc1ccccc1/C=C(/NC(=O)c1ccccc1)C(=O)Nc1cccc(SC(C(=O)Nc2ccc(OC)cc2)c2ccccc2)c1. The number of carbonyl (C=O) groups is 3. The summed E-state index contributed by atoms with van der Waals surface area (Å²) in [6.07, 6.45) is 1.59. The van der Waals surface area contributed by atoms with E-state index in [-0.39, 0.29) is 11.6 Å². The zero-order valence-electron chi connectivity index (χ0n) is 26.5. The highest BCUT2D eigenvalue weighted by Gasteiger charge is 2.23. The molecule has 3 amide bonds. The van der Waals surface area contributed by atoms with Crippen LogP contribution in [0.1, 0.15) is 33.7 Å². The van der Waals surface area contributed by atoms with Gasteiger partial charge in [-0.3, -0.25) is 14.4 Å². The first-order valence-electron chi connectivity index (χ1n) is 15.3. The van der Waals surface area contributed by atoms with E-state index in [1.54, 1.807) is 86.0 Å². The molecule has 9 heteroatoms.